The predicted molar refractivity (Wildman–Crippen MR) is 57.6 cm³/mol. The molecule has 0 aromatic carbocycles. The molecule has 0 aliphatic heterocycles. The third-order valence-corrected chi connectivity index (χ3v) is 2.45. The molecule has 1 atom stereocenters. The van der Waals surface area contributed by atoms with E-state index >= 15 is 0 Å². The average Bonchev–Trinajstić information content (AvgIpc) is 2.65. The summed E-state index contributed by atoms with van der Waals surface area (Å²) in [5, 5.41) is 3.99. The zero-order chi connectivity index (χ0) is 10.4. The molecule has 1 aromatic heterocycles. The molecule has 14 heavy (non-hydrogen) atoms. The summed E-state index contributed by atoms with van der Waals surface area (Å²) >= 11 is 1.36. The van der Waals surface area contributed by atoms with E-state index in [-0.39, 0.29) is 6.04 Å². The molecule has 0 saturated heterocycles. The van der Waals surface area contributed by atoms with Crippen molar-refractivity contribution in [3.63, 3.8) is 0 Å². The molecule has 0 aliphatic rings. The van der Waals surface area contributed by atoms with Gasteiger partial charge in [0.25, 0.3) is 0 Å². The zero-order valence-corrected chi connectivity index (χ0v) is 9.30. The Bertz CT molecular complexity index is 266. The van der Waals surface area contributed by atoms with Gasteiger partial charge in [-0.3, -0.25) is 0 Å². The van der Waals surface area contributed by atoms with Crippen molar-refractivity contribution in [3.05, 3.63) is 5.82 Å². The van der Waals surface area contributed by atoms with E-state index in [4.69, 9.17) is 10.5 Å². The molecule has 6 heteroatoms. The van der Waals surface area contributed by atoms with Gasteiger partial charge >= 0.3 is 0 Å². The molecule has 5 nitrogen and oxygen atoms in total. The summed E-state index contributed by atoms with van der Waals surface area (Å²) in [6.45, 7) is 3.13. The van der Waals surface area contributed by atoms with Gasteiger partial charge in [0.1, 0.15) is 5.82 Å². The van der Waals surface area contributed by atoms with Crippen LogP contribution in [0, 0.1) is 0 Å². The van der Waals surface area contributed by atoms with Gasteiger partial charge in [-0.1, -0.05) is 6.92 Å². The van der Waals surface area contributed by atoms with Crippen molar-refractivity contribution in [3.8, 4) is 0 Å². The van der Waals surface area contributed by atoms with Crippen molar-refractivity contribution in [1.29, 1.82) is 0 Å². The number of nitrogens with two attached hydrogens (primary N) is 1. The van der Waals surface area contributed by atoms with E-state index in [0.717, 1.165) is 17.4 Å². The normalized spacial score (nSPS) is 12.8. The first kappa shape index (κ1) is 11.4. The SMILES string of the molecule is CCc1nsc(NC(CN)COC)n1. The molecule has 0 amide bonds. The van der Waals surface area contributed by atoms with Crippen molar-refractivity contribution in [1.82, 2.24) is 9.36 Å². The highest BCUT2D eigenvalue weighted by Gasteiger charge is 2.08. The molecule has 1 unspecified atom stereocenters. The molecule has 0 bridgehead atoms. The fourth-order valence-corrected chi connectivity index (χ4v) is 1.73. The van der Waals surface area contributed by atoms with Gasteiger partial charge in [0.2, 0.25) is 5.13 Å². The number of nitrogens with zero attached hydrogens (tertiary/aromatic N) is 2. The Balaban J connectivity index is 2.48. The summed E-state index contributed by atoms with van der Waals surface area (Å²) in [5.41, 5.74) is 5.56. The minimum absolute atomic E-state index is 0.109. The number of hydrogen-bond donors (Lipinski definition) is 2. The lowest BCUT2D eigenvalue weighted by Crippen LogP contribution is -2.32. The Morgan fingerprint density at radius 3 is 2.93 bits per heavy atom. The Morgan fingerprint density at radius 2 is 2.43 bits per heavy atom. The second-order valence-electron chi connectivity index (χ2n) is 2.90. The number of hydrogen-bond acceptors (Lipinski definition) is 6. The summed E-state index contributed by atoms with van der Waals surface area (Å²) in [4.78, 5) is 4.28. The van der Waals surface area contributed by atoms with Crippen LogP contribution in [0.3, 0.4) is 0 Å². The highest BCUT2D eigenvalue weighted by atomic mass is 32.1. The molecule has 80 valence electrons. The van der Waals surface area contributed by atoms with Crippen LogP contribution >= 0.6 is 11.5 Å². The quantitative estimate of drug-likeness (QED) is 0.724. The van der Waals surface area contributed by atoms with Crippen LogP contribution < -0.4 is 11.1 Å². The fourth-order valence-electron chi connectivity index (χ4n) is 1.00. The first-order chi connectivity index (χ1) is 6.80. The number of nitrogens with one attached hydrogen (secondary N) is 1. The number of aromatic nitrogens is 2. The third kappa shape index (κ3) is 3.21. The standard InChI is InChI=1S/C8H16N4OS/c1-3-7-11-8(14-12-7)10-6(4-9)5-13-2/h6H,3-5,9H2,1-2H3,(H,10,11,12). The maximum atomic E-state index is 5.56. The topological polar surface area (TPSA) is 73.1 Å². The Kier molecular flexibility index (Phi) is 4.78. The summed E-state index contributed by atoms with van der Waals surface area (Å²) in [6, 6.07) is 0.109. The summed E-state index contributed by atoms with van der Waals surface area (Å²) in [7, 11) is 1.65. The number of ether oxygens (including phenoxy) is 1. The van der Waals surface area contributed by atoms with Gasteiger partial charge in [0.05, 0.1) is 12.6 Å². The maximum Gasteiger partial charge on any atom is 0.202 e. The molecular weight excluding hydrogens is 200 g/mol. The lowest BCUT2D eigenvalue weighted by molar-refractivity contribution is 0.187. The van der Waals surface area contributed by atoms with Crippen molar-refractivity contribution < 1.29 is 4.74 Å². The predicted octanol–water partition coefficient (Wildman–Crippen LogP) is 0.486. The van der Waals surface area contributed by atoms with Crippen LogP contribution in [-0.4, -0.2) is 35.7 Å². The monoisotopic (exact) mass is 216 g/mol. The van der Waals surface area contributed by atoms with Crippen LogP contribution in [0.1, 0.15) is 12.7 Å². The minimum atomic E-state index is 0.109. The fraction of sp³-hybridized carbons (Fsp3) is 0.750. The second-order valence-corrected chi connectivity index (χ2v) is 3.65. The molecular formula is C8H16N4OS. The molecule has 1 aromatic rings. The van der Waals surface area contributed by atoms with Gasteiger partial charge in [0, 0.05) is 31.6 Å². The molecule has 0 saturated carbocycles. The van der Waals surface area contributed by atoms with Crippen LogP contribution in [0.25, 0.3) is 0 Å². The van der Waals surface area contributed by atoms with Gasteiger partial charge in [-0.25, -0.2) is 4.98 Å². The molecule has 0 spiro atoms. The van der Waals surface area contributed by atoms with Gasteiger partial charge in [-0.05, 0) is 0 Å². The lowest BCUT2D eigenvalue weighted by Gasteiger charge is -2.13. The van der Waals surface area contributed by atoms with Crippen LogP contribution in [0.2, 0.25) is 0 Å². The lowest BCUT2D eigenvalue weighted by atomic mass is 10.3. The number of aryl methyl sites for hydroxylation is 1. The van der Waals surface area contributed by atoms with Crippen LogP contribution in [-0.2, 0) is 11.2 Å². The number of methoxy groups -OCH3 is 1. The molecule has 0 fully saturated rings. The Labute approximate surface area is 87.8 Å². The minimum Gasteiger partial charge on any atom is -0.383 e. The van der Waals surface area contributed by atoms with E-state index in [1.54, 1.807) is 7.11 Å². The van der Waals surface area contributed by atoms with Gasteiger partial charge < -0.3 is 15.8 Å². The summed E-state index contributed by atoms with van der Waals surface area (Å²) in [5.74, 6) is 0.866. The summed E-state index contributed by atoms with van der Waals surface area (Å²) < 4.78 is 9.18. The van der Waals surface area contributed by atoms with E-state index in [2.05, 4.69) is 14.7 Å². The van der Waals surface area contributed by atoms with Gasteiger partial charge in [-0.15, -0.1) is 0 Å². The number of rotatable bonds is 6. The van der Waals surface area contributed by atoms with Crippen molar-refractivity contribution in [2.45, 2.75) is 19.4 Å². The van der Waals surface area contributed by atoms with Crippen molar-refractivity contribution in [2.75, 3.05) is 25.6 Å². The Hall–Kier alpha value is -0.720. The molecule has 0 aliphatic carbocycles. The molecule has 3 N–H and O–H groups in total. The highest BCUT2D eigenvalue weighted by molar-refractivity contribution is 7.09. The van der Waals surface area contributed by atoms with Crippen molar-refractivity contribution >= 4 is 16.7 Å². The van der Waals surface area contributed by atoms with E-state index in [1.165, 1.54) is 11.5 Å². The van der Waals surface area contributed by atoms with Crippen molar-refractivity contribution in [2.24, 2.45) is 5.73 Å². The van der Waals surface area contributed by atoms with E-state index in [0.29, 0.717) is 13.2 Å². The third-order valence-electron chi connectivity index (χ3n) is 1.76. The van der Waals surface area contributed by atoms with Gasteiger partial charge in [0.15, 0.2) is 0 Å². The van der Waals surface area contributed by atoms with E-state index in [9.17, 15) is 0 Å². The van der Waals surface area contributed by atoms with E-state index < -0.39 is 0 Å². The number of anilines is 1. The van der Waals surface area contributed by atoms with Crippen LogP contribution in [0.4, 0.5) is 5.13 Å². The largest absolute Gasteiger partial charge is 0.383 e. The second kappa shape index (κ2) is 5.90. The highest BCUT2D eigenvalue weighted by Crippen LogP contribution is 2.12. The Morgan fingerprint density at radius 1 is 1.64 bits per heavy atom. The van der Waals surface area contributed by atoms with Gasteiger partial charge in [-0.2, -0.15) is 4.37 Å². The molecule has 1 heterocycles. The molecule has 0 radical (unpaired) electrons. The van der Waals surface area contributed by atoms with Crippen LogP contribution in [0.5, 0.6) is 0 Å². The molecule has 1 rings (SSSR count). The maximum absolute atomic E-state index is 5.56. The average molecular weight is 216 g/mol. The smallest absolute Gasteiger partial charge is 0.202 e. The first-order valence-corrected chi connectivity index (χ1v) is 5.35. The first-order valence-electron chi connectivity index (χ1n) is 4.58. The summed E-state index contributed by atoms with van der Waals surface area (Å²) in [6.07, 6.45) is 0.857. The van der Waals surface area contributed by atoms with Crippen LogP contribution in [0.15, 0.2) is 0 Å². The van der Waals surface area contributed by atoms with E-state index in [1.807, 2.05) is 6.92 Å². The zero-order valence-electron chi connectivity index (χ0n) is 8.49.